The van der Waals surface area contributed by atoms with E-state index in [-0.39, 0.29) is 17.7 Å². The van der Waals surface area contributed by atoms with Crippen LogP contribution in [0.15, 0.2) is 6.07 Å². The Morgan fingerprint density at radius 1 is 1.22 bits per heavy atom. The van der Waals surface area contributed by atoms with Crippen molar-refractivity contribution < 1.29 is 14.7 Å². The number of carboxylic acids is 1. The molecule has 1 N–H and O–H groups in total. The van der Waals surface area contributed by atoms with E-state index in [1.54, 1.807) is 6.92 Å². The SMILES string of the molecule is CC(=O)c1c(C)cc(C)c(CN2C3CCC2C(C(=O)O)C3)c1C. The lowest BCUT2D eigenvalue weighted by atomic mass is 9.89. The van der Waals surface area contributed by atoms with Gasteiger partial charge in [-0.3, -0.25) is 14.5 Å². The van der Waals surface area contributed by atoms with E-state index in [4.69, 9.17) is 0 Å². The third kappa shape index (κ3) is 2.59. The maximum Gasteiger partial charge on any atom is 0.308 e. The first-order valence-corrected chi connectivity index (χ1v) is 8.40. The maximum absolute atomic E-state index is 12.0. The molecule has 2 heterocycles. The van der Waals surface area contributed by atoms with Crippen molar-refractivity contribution >= 4 is 11.8 Å². The number of aliphatic carboxylic acids is 1. The minimum absolute atomic E-state index is 0.106. The Labute approximate surface area is 137 Å². The second kappa shape index (κ2) is 5.75. The van der Waals surface area contributed by atoms with Crippen LogP contribution in [0.1, 0.15) is 58.8 Å². The molecule has 2 bridgehead atoms. The number of rotatable bonds is 4. The number of carboxylic acid groups (broad SMARTS) is 1. The average molecular weight is 315 g/mol. The Hall–Kier alpha value is -1.68. The van der Waals surface area contributed by atoms with Gasteiger partial charge in [0.1, 0.15) is 0 Å². The van der Waals surface area contributed by atoms with Crippen molar-refractivity contribution in [3.05, 3.63) is 33.9 Å². The molecule has 23 heavy (non-hydrogen) atoms. The average Bonchev–Trinajstić information content (AvgIpc) is 2.99. The summed E-state index contributed by atoms with van der Waals surface area (Å²) >= 11 is 0. The van der Waals surface area contributed by atoms with E-state index < -0.39 is 5.97 Å². The Kier molecular flexibility index (Phi) is 4.05. The van der Waals surface area contributed by atoms with Gasteiger partial charge in [-0.25, -0.2) is 0 Å². The molecule has 3 atom stereocenters. The first-order valence-electron chi connectivity index (χ1n) is 8.40. The van der Waals surface area contributed by atoms with Gasteiger partial charge in [0.05, 0.1) is 5.92 Å². The third-order valence-corrected chi connectivity index (χ3v) is 5.82. The second-order valence-electron chi connectivity index (χ2n) is 7.20. The van der Waals surface area contributed by atoms with Crippen LogP contribution in [0.25, 0.3) is 0 Å². The lowest BCUT2D eigenvalue weighted by Gasteiger charge is -2.26. The molecule has 2 aliphatic rings. The topological polar surface area (TPSA) is 57.6 Å². The van der Waals surface area contributed by atoms with Crippen LogP contribution in [-0.4, -0.2) is 33.8 Å². The molecule has 0 amide bonds. The van der Waals surface area contributed by atoms with E-state index in [0.717, 1.165) is 42.5 Å². The summed E-state index contributed by atoms with van der Waals surface area (Å²) in [6.45, 7) is 8.48. The van der Waals surface area contributed by atoms with Gasteiger partial charge in [-0.15, -0.1) is 0 Å². The highest BCUT2D eigenvalue weighted by atomic mass is 16.4. The van der Waals surface area contributed by atoms with Gasteiger partial charge in [0.25, 0.3) is 0 Å². The van der Waals surface area contributed by atoms with Crippen molar-refractivity contribution in [1.29, 1.82) is 0 Å². The van der Waals surface area contributed by atoms with Gasteiger partial charge in [0.2, 0.25) is 0 Å². The van der Waals surface area contributed by atoms with Gasteiger partial charge in [0.15, 0.2) is 5.78 Å². The number of benzene rings is 1. The zero-order valence-corrected chi connectivity index (χ0v) is 14.3. The van der Waals surface area contributed by atoms with Crippen LogP contribution in [0.3, 0.4) is 0 Å². The number of hydrogen-bond donors (Lipinski definition) is 1. The standard InChI is InChI=1S/C19H25NO3/c1-10-7-11(2)18(13(4)21)12(3)16(10)9-20-14-5-6-17(20)15(8-14)19(22)23/h7,14-15,17H,5-6,8-9H2,1-4H3,(H,22,23). The highest BCUT2D eigenvalue weighted by Crippen LogP contribution is 2.43. The summed E-state index contributed by atoms with van der Waals surface area (Å²) in [5, 5.41) is 9.41. The summed E-state index contributed by atoms with van der Waals surface area (Å²) in [7, 11) is 0. The minimum Gasteiger partial charge on any atom is -0.481 e. The molecular weight excluding hydrogens is 290 g/mol. The van der Waals surface area contributed by atoms with Crippen LogP contribution >= 0.6 is 0 Å². The van der Waals surface area contributed by atoms with Crippen molar-refractivity contribution in [2.45, 2.75) is 65.6 Å². The molecule has 2 fully saturated rings. The van der Waals surface area contributed by atoms with Gasteiger partial charge >= 0.3 is 5.97 Å². The molecule has 0 saturated carbocycles. The summed E-state index contributed by atoms with van der Waals surface area (Å²) in [6.07, 6.45) is 2.84. The number of carbonyl (C=O) groups is 2. The van der Waals surface area contributed by atoms with E-state index in [1.165, 1.54) is 11.1 Å². The van der Waals surface area contributed by atoms with Crippen molar-refractivity contribution in [2.75, 3.05) is 0 Å². The Morgan fingerprint density at radius 3 is 2.48 bits per heavy atom. The predicted molar refractivity (Wildman–Crippen MR) is 88.8 cm³/mol. The highest BCUT2D eigenvalue weighted by Gasteiger charge is 2.49. The maximum atomic E-state index is 12.0. The number of Topliss-reactive ketones (excluding diaryl/α,β-unsaturated/α-hetero) is 1. The molecule has 2 saturated heterocycles. The molecule has 0 aromatic heterocycles. The first-order chi connectivity index (χ1) is 10.8. The van der Waals surface area contributed by atoms with E-state index in [2.05, 4.69) is 17.9 Å². The largest absolute Gasteiger partial charge is 0.481 e. The van der Waals surface area contributed by atoms with Crippen LogP contribution < -0.4 is 0 Å². The highest BCUT2D eigenvalue weighted by molar-refractivity contribution is 5.97. The first kappa shape index (κ1) is 16.2. The summed E-state index contributed by atoms with van der Waals surface area (Å²) in [5.74, 6) is -0.787. The molecule has 3 rings (SSSR count). The quantitative estimate of drug-likeness (QED) is 0.867. The fourth-order valence-electron chi connectivity index (χ4n) is 4.81. The molecular formula is C19H25NO3. The molecule has 4 nitrogen and oxygen atoms in total. The molecule has 1 aromatic carbocycles. The molecule has 0 aliphatic carbocycles. The van der Waals surface area contributed by atoms with Crippen LogP contribution in [0.4, 0.5) is 0 Å². The molecule has 0 radical (unpaired) electrons. The number of aryl methyl sites for hydroxylation is 2. The molecule has 3 unspecified atom stereocenters. The lowest BCUT2D eigenvalue weighted by Crippen LogP contribution is -2.33. The summed E-state index contributed by atoms with van der Waals surface area (Å²) in [4.78, 5) is 25.8. The van der Waals surface area contributed by atoms with Gasteiger partial charge in [-0.05, 0) is 69.2 Å². The number of fused-ring (bicyclic) bond motifs is 2. The molecule has 2 aliphatic heterocycles. The molecule has 124 valence electrons. The van der Waals surface area contributed by atoms with Gasteiger partial charge in [0, 0.05) is 24.2 Å². The number of ketones is 1. The smallest absolute Gasteiger partial charge is 0.308 e. The van der Waals surface area contributed by atoms with Crippen LogP contribution in [-0.2, 0) is 11.3 Å². The van der Waals surface area contributed by atoms with Gasteiger partial charge in [-0.2, -0.15) is 0 Å². The number of carbonyl (C=O) groups excluding carboxylic acids is 1. The zero-order valence-electron chi connectivity index (χ0n) is 14.3. The van der Waals surface area contributed by atoms with E-state index >= 15 is 0 Å². The van der Waals surface area contributed by atoms with Crippen LogP contribution in [0.5, 0.6) is 0 Å². The van der Waals surface area contributed by atoms with Crippen molar-refractivity contribution in [2.24, 2.45) is 5.92 Å². The van der Waals surface area contributed by atoms with Gasteiger partial charge in [-0.1, -0.05) is 6.07 Å². The Balaban J connectivity index is 1.94. The summed E-state index contributed by atoms with van der Waals surface area (Å²) in [6, 6.07) is 2.62. The van der Waals surface area contributed by atoms with Crippen molar-refractivity contribution in [1.82, 2.24) is 4.90 Å². The third-order valence-electron chi connectivity index (χ3n) is 5.82. The second-order valence-corrected chi connectivity index (χ2v) is 7.20. The Morgan fingerprint density at radius 2 is 1.91 bits per heavy atom. The zero-order chi connectivity index (χ0) is 16.9. The lowest BCUT2D eigenvalue weighted by molar-refractivity contribution is -0.142. The minimum atomic E-state index is -0.663. The normalized spacial score (nSPS) is 26.7. The van der Waals surface area contributed by atoms with Gasteiger partial charge < -0.3 is 5.11 Å². The van der Waals surface area contributed by atoms with E-state index in [0.29, 0.717) is 6.04 Å². The van der Waals surface area contributed by atoms with Crippen molar-refractivity contribution in [3.63, 3.8) is 0 Å². The summed E-state index contributed by atoms with van der Waals surface area (Å²) < 4.78 is 0. The summed E-state index contributed by atoms with van der Waals surface area (Å²) in [5.41, 5.74) is 5.32. The van der Waals surface area contributed by atoms with E-state index in [1.807, 2.05) is 13.8 Å². The predicted octanol–water partition coefficient (Wildman–Crippen LogP) is 3.25. The molecule has 1 aromatic rings. The fraction of sp³-hybridized carbons (Fsp3) is 0.579. The fourth-order valence-corrected chi connectivity index (χ4v) is 4.81. The monoisotopic (exact) mass is 315 g/mol. The van der Waals surface area contributed by atoms with Crippen LogP contribution in [0.2, 0.25) is 0 Å². The van der Waals surface area contributed by atoms with Crippen molar-refractivity contribution in [3.8, 4) is 0 Å². The molecule has 4 heteroatoms. The number of nitrogens with zero attached hydrogens (tertiary/aromatic N) is 1. The van der Waals surface area contributed by atoms with Crippen LogP contribution in [0, 0.1) is 26.7 Å². The number of hydrogen-bond acceptors (Lipinski definition) is 3. The molecule has 0 spiro atoms. The van der Waals surface area contributed by atoms with E-state index in [9.17, 15) is 14.7 Å². The Bertz CT molecular complexity index is 680.